The van der Waals surface area contributed by atoms with Crippen molar-refractivity contribution < 1.29 is 4.79 Å². The van der Waals surface area contributed by atoms with Gasteiger partial charge in [0.1, 0.15) is 4.83 Å². The summed E-state index contributed by atoms with van der Waals surface area (Å²) in [5.74, 6) is 0.522. The Labute approximate surface area is 155 Å². The van der Waals surface area contributed by atoms with Crippen LogP contribution in [0.2, 0.25) is 0 Å². The van der Waals surface area contributed by atoms with E-state index in [9.17, 15) is 9.59 Å². The van der Waals surface area contributed by atoms with Gasteiger partial charge < -0.3 is 4.90 Å². The van der Waals surface area contributed by atoms with E-state index in [-0.39, 0.29) is 11.5 Å². The van der Waals surface area contributed by atoms with Gasteiger partial charge >= 0.3 is 0 Å². The fourth-order valence-electron chi connectivity index (χ4n) is 3.79. The van der Waals surface area contributed by atoms with Crippen molar-refractivity contribution in [2.24, 2.45) is 0 Å². The highest BCUT2D eigenvalue weighted by Gasteiger charge is 2.23. The molecule has 1 aliphatic carbocycles. The lowest BCUT2D eigenvalue weighted by atomic mass is 9.97. The molecule has 25 heavy (non-hydrogen) atoms. The number of aryl methyl sites for hydroxylation is 2. The average Bonchev–Trinajstić information content (AvgIpc) is 3.27. The number of fused-ring (bicyclic) bond motifs is 3. The van der Waals surface area contributed by atoms with E-state index in [0.717, 1.165) is 55.4 Å². The van der Waals surface area contributed by atoms with E-state index >= 15 is 0 Å². The number of nitrogens with zero attached hydrogens (tertiary/aromatic N) is 3. The first-order valence-corrected chi connectivity index (χ1v) is 10.9. The van der Waals surface area contributed by atoms with E-state index in [1.807, 2.05) is 11.8 Å². The molecular formula is C18H23N3O2S2. The Morgan fingerprint density at radius 3 is 2.72 bits per heavy atom. The molecule has 0 unspecified atom stereocenters. The van der Waals surface area contributed by atoms with Crippen molar-refractivity contribution in [3.63, 3.8) is 0 Å². The molecule has 2 aliphatic rings. The second-order valence-electron chi connectivity index (χ2n) is 6.71. The van der Waals surface area contributed by atoms with E-state index in [2.05, 4.69) is 0 Å². The Morgan fingerprint density at radius 1 is 1.20 bits per heavy atom. The summed E-state index contributed by atoms with van der Waals surface area (Å²) in [5.41, 5.74) is 1.30. The van der Waals surface area contributed by atoms with E-state index in [1.54, 1.807) is 15.9 Å². The van der Waals surface area contributed by atoms with Gasteiger partial charge in [0.05, 0.1) is 11.1 Å². The predicted molar refractivity (Wildman–Crippen MR) is 103 cm³/mol. The van der Waals surface area contributed by atoms with Gasteiger partial charge in [0.2, 0.25) is 5.91 Å². The van der Waals surface area contributed by atoms with Crippen LogP contribution >= 0.6 is 23.1 Å². The van der Waals surface area contributed by atoms with Crippen LogP contribution in [0.1, 0.15) is 43.0 Å². The van der Waals surface area contributed by atoms with Crippen molar-refractivity contribution in [3.8, 4) is 0 Å². The minimum atomic E-state index is 0.0722. The summed E-state index contributed by atoms with van der Waals surface area (Å²) in [7, 11) is 0. The summed E-state index contributed by atoms with van der Waals surface area (Å²) in [5, 5.41) is 1.52. The molecule has 0 atom stereocenters. The van der Waals surface area contributed by atoms with Gasteiger partial charge in [-0.2, -0.15) is 0 Å². The largest absolute Gasteiger partial charge is 0.342 e. The lowest BCUT2D eigenvalue weighted by Gasteiger charge is -2.15. The van der Waals surface area contributed by atoms with Crippen molar-refractivity contribution >= 4 is 39.2 Å². The van der Waals surface area contributed by atoms with Crippen LogP contribution in [0.15, 0.2) is 9.95 Å². The SMILES string of the molecule is CCn1c(SCC(=O)N2CCCC2)nc2sc3c(c2c1=O)CCCC3. The molecule has 4 rings (SSSR count). The van der Waals surface area contributed by atoms with Crippen LogP contribution in [0.3, 0.4) is 0 Å². The summed E-state index contributed by atoms with van der Waals surface area (Å²) in [4.78, 5) is 34.3. The second kappa shape index (κ2) is 7.11. The monoisotopic (exact) mass is 377 g/mol. The first-order chi connectivity index (χ1) is 12.2. The molecule has 0 saturated carbocycles. The molecule has 0 aromatic carbocycles. The van der Waals surface area contributed by atoms with Gasteiger partial charge in [0.25, 0.3) is 5.56 Å². The number of amides is 1. The zero-order valence-corrected chi connectivity index (χ0v) is 16.2. The summed E-state index contributed by atoms with van der Waals surface area (Å²) < 4.78 is 1.74. The minimum absolute atomic E-state index is 0.0722. The van der Waals surface area contributed by atoms with Crippen LogP contribution in [0, 0.1) is 0 Å². The lowest BCUT2D eigenvalue weighted by molar-refractivity contribution is -0.127. The molecule has 0 spiro atoms. The average molecular weight is 378 g/mol. The first-order valence-electron chi connectivity index (χ1n) is 9.14. The number of hydrogen-bond donors (Lipinski definition) is 0. The Kier molecular flexibility index (Phi) is 4.86. The molecule has 1 amide bonds. The van der Waals surface area contributed by atoms with Gasteiger partial charge in [0.15, 0.2) is 5.16 Å². The van der Waals surface area contributed by atoms with Crippen LogP contribution in [-0.2, 0) is 24.2 Å². The summed E-state index contributed by atoms with van der Waals surface area (Å²) in [6, 6.07) is 0. The lowest BCUT2D eigenvalue weighted by Crippen LogP contribution is -2.30. The van der Waals surface area contributed by atoms with Gasteiger partial charge in [-0.25, -0.2) is 4.98 Å². The van der Waals surface area contributed by atoms with Gasteiger partial charge in [-0.15, -0.1) is 11.3 Å². The molecule has 1 aliphatic heterocycles. The molecule has 1 fully saturated rings. The molecule has 2 aromatic rings. The second-order valence-corrected chi connectivity index (χ2v) is 8.74. The number of aromatic nitrogens is 2. The van der Waals surface area contributed by atoms with Crippen molar-refractivity contribution in [2.45, 2.75) is 57.1 Å². The van der Waals surface area contributed by atoms with Crippen molar-refractivity contribution in [2.75, 3.05) is 18.8 Å². The molecule has 3 heterocycles. The van der Waals surface area contributed by atoms with Gasteiger partial charge in [-0.1, -0.05) is 11.8 Å². The van der Waals surface area contributed by atoms with E-state index in [4.69, 9.17) is 4.98 Å². The van der Waals surface area contributed by atoms with Crippen molar-refractivity contribution in [3.05, 3.63) is 20.8 Å². The summed E-state index contributed by atoms with van der Waals surface area (Å²) >= 11 is 3.08. The molecule has 0 bridgehead atoms. The van der Waals surface area contributed by atoms with Crippen LogP contribution in [0.4, 0.5) is 0 Å². The summed E-state index contributed by atoms with van der Waals surface area (Å²) in [6.45, 7) is 4.29. The number of thioether (sulfide) groups is 1. The van der Waals surface area contributed by atoms with Crippen LogP contribution in [0.25, 0.3) is 10.2 Å². The van der Waals surface area contributed by atoms with E-state index in [1.165, 1.54) is 28.6 Å². The molecule has 1 saturated heterocycles. The molecule has 2 aromatic heterocycles. The highest BCUT2D eigenvalue weighted by Crippen LogP contribution is 2.34. The standard InChI is InChI=1S/C18H23N3O2S2/c1-2-21-17(23)15-12-7-3-4-8-13(12)25-16(15)19-18(21)24-11-14(22)20-9-5-6-10-20/h2-11H2,1H3. The summed E-state index contributed by atoms with van der Waals surface area (Å²) in [6.07, 6.45) is 6.62. The zero-order chi connectivity index (χ0) is 17.4. The predicted octanol–water partition coefficient (Wildman–Crippen LogP) is 3.07. The quantitative estimate of drug-likeness (QED) is 0.607. The smallest absolute Gasteiger partial charge is 0.263 e. The minimum Gasteiger partial charge on any atom is -0.342 e. The van der Waals surface area contributed by atoms with Gasteiger partial charge in [-0.3, -0.25) is 14.2 Å². The maximum Gasteiger partial charge on any atom is 0.263 e. The third-order valence-corrected chi connectivity index (χ3v) is 7.29. The molecule has 134 valence electrons. The zero-order valence-electron chi connectivity index (χ0n) is 14.5. The Hall–Kier alpha value is -1.34. The molecule has 5 nitrogen and oxygen atoms in total. The normalized spacial score (nSPS) is 17.2. The number of carbonyl (C=O) groups excluding carboxylic acids is 1. The molecule has 7 heteroatoms. The number of hydrogen-bond acceptors (Lipinski definition) is 5. The number of rotatable bonds is 4. The Balaban J connectivity index is 1.66. The number of carbonyl (C=O) groups is 1. The molecular weight excluding hydrogens is 354 g/mol. The van der Waals surface area contributed by atoms with Crippen molar-refractivity contribution in [1.29, 1.82) is 0 Å². The maximum atomic E-state index is 13.0. The van der Waals surface area contributed by atoms with Gasteiger partial charge in [0, 0.05) is 24.5 Å². The molecule has 0 radical (unpaired) electrons. The number of likely N-dealkylation sites (tertiary alicyclic amines) is 1. The van der Waals surface area contributed by atoms with Crippen LogP contribution < -0.4 is 5.56 Å². The van der Waals surface area contributed by atoms with E-state index < -0.39 is 0 Å². The highest BCUT2D eigenvalue weighted by molar-refractivity contribution is 7.99. The molecule has 0 N–H and O–H groups in total. The third-order valence-electron chi connectivity index (χ3n) is 5.14. The Bertz CT molecular complexity index is 865. The first kappa shape index (κ1) is 17.1. The van der Waals surface area contributed by atoms with Gasteiger partial charge in [-0.05, 0) is 51.0 Å². The van der Waals surface area contributed by atoms with Crippen LogP contribution in [0.5, 0.6) is 0 Å². The fraction of sp³-hybridized carbons (Fsp3) is 0.611. The van der Waals surface area contributed by atoms with Crippen LogP contribution in [-0.4, -0.2) is 39.2 Å². The topological polar surface area (TPSA) is 55.2 Å². The number of thiophene rings is 1. The maximum absolute atomic E-state index is 13.0. The third kappa shape index (κ3) is 3.12. The Morgan fingerprint density at radius 2 is 1.96 bits per heavy atom. The van der Waals surface area contributed by atoms with Crippen molar-refractivity contribution in [1.82, 2.24) is 14.5 Å². The highest BCUT2D eigenvalue weighted by atomic mass is 32.2. The van der Waals surface area contributed by atoms with E-state index in [0.29, 0.717) is 17.5 Å². The fourth-order valence-corrected chi connectivity index (χ4v) is 6.06.